The fraction of sp³-hybridized carbons (Fsp3) is 0.174. The van der Waals surface area contributed by atoms with Gasteiger partial charge >= 0.3 is 12.1 Å². The molecule has 0 aliphatic heterocycles. The molecule has 0 bridgehead atoms. The monoisotopic (exact) mass is 493 g/mol. The molecule has 34 heavy (non-hydrogen) atoms. The molecule has 2 heterocycles. The van der Waals surface area contributed by atoms with Gasteiger partial charge in [-0.3, -0.25) is 9.59 Å². The quantitative estimate of drug-likeness (QED) is 0.252. The smallest absolute Gasteiger partial charge is 0.450 e. The molecule has 0 radical (unpaired) electrons. The highest BCUT2D eigenvalue weighted by molar-refractivity contribution is 6.29. The summed E-state index contributed by atoms with van der Waals surface area (Å²) in [6.07, 6.45) is -4.93. The van der Waals surface area contributed by atoms with E-state index in [0.717, 1.165) is 6.07 Å². The van der Waals surface area contributed by atoms with E-state index in [9.17, 15) is 22.8 Å². The number of para-hydroxylation sites is 1. The molecule has 2 aromatic carbocycles. The number of methoxy groups -OCH3 is 1. The standard InChI is InChI=1S/C23H15ClF3NO6/c1-31-16-5-3-2-4-14(16)20-21(30)15-8-6-12(10-17(15)33-22(20)23(25,26)27)32-19(29)9-7-13-11-18(24)28-34-13/h2-6,8,10-11H,7,9H2,1H3. The highest BCUT2D eigenvalue weighted by Gasteiger charge is 2.40. The van der Waals surface area contributed by atoms with Gasteiger partial charge in [-0.2, -0.15) is 13.2 Å². The largest absolute Gasteiger partial charge is 0.496 e. The maximum atomic E-state index is 13.9. The van der Waals surface area contributed by atoms with E-state index >= 15 is 0 Å². The van der Waals surface area contributed by atoms with Crippen LogP contribution in [-0.2, 0) is 17.4 Å². The van der Waals surface area contributed by atoms with E-state index in [1.165, 1.54) is 43.5 Å². The summed E-state index contributed by atoms with van der Waals surface area (Å²) in [6.45, 7) is 0. The predicted molar refractivity (Wildman–Crippen MR) is 115 cm³/mol. The number of aryl methyl sites for hydroxylation is 1. The van der Waals surface area contributed by atoms with Gasteiger partial charge in [-0.1, -0.05) is 35.0 Å². The van der Waals surface area contributed by atoms with Crippen molar-refractivity contribution in [1.82, 2.24) is 5.16 Å². The van der Waals surface area contributed by atoms with Crippen molar-refractivity contribution >= 4 is 28.5 Å². The number of fused-ring (bicyclic) bond motifs is 1. The van der Waals surface area contributed by atoms with Crippen molar-refractivity contribution in [2.45, 2.75) is 19.0 Å². The van der Waals surface area contributed by atoms with E-state index in [4.69, 9.17) is 30.0 Å². The van der Waals surface area contributed by atoms with Crippen LogP contribution in [0.1, 0.15) is 17.9 Å². The molecule has 0 saturated carbocycles. The fourth-order valence-corrected chi connectivity index (χ4v) is 3.50. The number of carbonyl (C=O) groups is 1. The third-order valence-electron chi connectivity index (χ3n) is 4.84. The summed E-state index contributed by atoms with van der Waals surface area (Å²) in [5, 5.41) is 3.50. The van der Waals surface area contributed by atoms with E-state index in [1.807, 2.05) is 0 Å². The van der Waals surface area contributed by atoms with Gasteiger partial charge in [0.2, 0.25) is 11.2 Å². The molecular formula is C23H15ClF3NO6. The van der Waals surface area contributed by atoms with Crippen LogP contribution in [-0.4, -0.2) is 18.2 Å². The van der Waals surface area contributed by atoms with Crippen LogP contribution >= 0.6 is 11.6 Å². The summed E-state index contributed by atoms with van der Waals surface area (Å²) in [7, 11) is 1.28. The number of nitrogens with zero attached hydrogens (tertiary/aromatic N) is 1. The van der Waals surface area contributed by atoms with Crippen molar-refractivity contribution in [2.24, 2.45) is 0 Å². The van der Waals surface area contributed by atoms with E-state index in [-0.39, 0.29) is 46.0 Å². The van der Waals surface area contributed by atoms with Crippen molar-refractivity contribution in [3.8, 4) is 22.6 Å². The number of hydrogen-bond donors (Lipinski definition) is 0. The maximum Gasteiger partial charge on any atom is 0.450 e. The molecule has 0 aliphatic rings. The predicted octanol–water partition coefficient (Wildman–Crippen LogP) is 5.67. The Kier molecular flexibility index (Phi) is 6.34. The normalized spacial score (nSPS) is 11.6. The average Bonchev–Trinajstić information content (AvgIpc) is 3.22. The van der Waals surface area contributed by atoms with Gasteiger partial charge in [0, 0.05) is 24.1 Å². The van der Waals surface area contributed by atoms with E-state index in [1.54, 1.807) is 6.07 Å². The SMILES string of the molecule is COc1ccccc1-c1c(C(F)(F)F)oc2cc(OC(=O)CCc3cc(Cl)no3)ccc2c1=O. The summed E-state index contributed by atoms with van der Waals surface area (Å²) in [5.74, 6) is -1.81. The van der Waals surface area contributed by atoms with Crippen molar-refractivity contribution in [1.29, 1.82) is 0 Å². The van der Waals surface area contributed by atoms with Gasteiger partial charge in [0.1, 0.15) is 22.8 Å². The molecule has 4 rings (SSSR count). The molecule has 0 N–H and O–H groups in total. The van der Waals surface area contributed by atoms with E-state index < -0.39 is 28.9 Å². The molecule has 7 nitrogen and oxygen atoms in total. The van der Waals surface area contributed by atoms with Crippen LogP contribution in [0.5, 0.6) is 11.5 Å². The number of ether oxygens (including phenoxy) is 2. The minimum atomic E-state index is -4.98. The first-order chi connectivity index (χ1) is 16.2. The zero-order valence-electron chi connectivity index (χ0n) is 17.4. The lowest BCUT2D eigenvalue weighted by atomic mass is 10.0. The molecule has 0 amide bonds. The Morgan fingerprint density at radius 2 is 1.91 bits per heavy atom. The second kappa shape index (κ2) is 9.22. The van der Waals surface area contributed by atoms with Crippen molar-refractivity contribution in [3.63, 3.8) is 0 Å². The van der Waals surface area contributed by atoms with Gasteiger partial charge < -0.3 is 18.4 Å². The van der Waals surface area contributed by atoms with Crippen LogP contribution in [0, 0.1) is 0 Å². The Balaban J connectivity index is 1.71. The lowest BCUT2D eigenvalue weighted by molar-refractivity contribution is -0.152. The van der Waals surface area contributed by atoms with Crippen LogP contribution in [0.3, 0.4) is 0 Å². The molecule has 0 atom stereocenters. The summed E-state index contributed by atoms with van der Waals surface area (Å²) in [5.41, 5.74) is -2.02. The topological polar surface area (TPSA) is 91.8 Å². The Bertz CT molecular complexity index is 1430. The van der Waals surface area contributed by atoms with Crippen molar-refractivity contribution in [2.75, 3.05) is 7.11 Å². The Labute approximate surface area is 194 Å². The third kappa shape index (κ3) is 4.76. The lowest BCUT2D eigenvalue weighted by Crippen LogP contribution is -2.16. The summed E-state index contributed by atoms with van der Waals surface area (Å²) < 4.78 is 61.9. The first-order valence-corrected chi connectivity index (χ1v) is 10.2. The summed E-state index contributed by atoms with van der Waals surface area (Å²) >= 11 is 5.64. The Morgan fingerprint density at radius 3 is 2.59 bits per heavy atom. The molecule has 11 heteroatoms. The first-order valence-electron chi connectivity index (χ1n) is 9.80. The second-order valence-electron chi connectivity index (χ2n) is 7.08. The lowest BCUT2D eigenvalue weighted by Gasteiger charge is -2.15. The number of benzene rings is 2. The second-order valence-corrected chi connectivity index (χ2v) is 7.47. The summed E-state index contributed by atoms with van der Waals surface area (Å²) in [4.78, 5) is 25.2. The molecular weight excluding hydrogens is 479 g/mol. The highest BCUT2D eigenvalue weighted by Crippen LogP contribution is 2.40. The minimum Gasteiger partial charge on any atom is -0.496 e. The van der Waals surface area contributed by atoms with Gasteiger partial charge in [0.25, 0.3) is 0 Å². The molecule has 0 aliphatic carbocycles. The molecule has 0 unspecified atom stereocenters. The molecule has 2 aromatic heterocycles. The average molecular weight is 494 g/mol. The third-order valence-corrected chi connectivity index (χ3v) is 5.01. The van der Waals surface area contributed by atoms with Crippen molar-refractivity contribution in [3.05, 3.63) is 75.4 Å². The van der Waals surface area contributed by atoms with Gasteiger partial charge in [0.15, 0.2) is 5.15 Å². The molecule has 0 fully saturated rings. The van der Waals surface area contributed by atoms with E-state index in [0.29, 0.717) is 5.76 Å². The molecule has 4 aromatic rings. The zero-order valence-corrected chi connectivity index (χ0v) is 18.2. The van der Waals surface area contributed by atoms with Crippen LogP contribution in [0.4, 0.5) is 13.2 Å². The number of hydrogen-bond acceptors (Lipinski definition) is 7. The number of aromatic nitrogens is 1. The van der Waals surface area contributed by atoms with Crippen LogP contribution < -0.4 is 14.9 Å². The van der Waals surface area contributed by atoms with Crippen LogP contribution in [0.2, 0.25) is 5.15 Å². The molecule has 0 saturated heterocycles. The van der Waals surface area contributed by atoms with E-state index in [2.05, 4.69) is 5.16 Å². The number of carbonyl (C=O) groups excluding carboxylic acids is 1. The van der Waals surface area contributed by atoms with Gasteiger partial charge in [-0.25, -0.2) is 0 Å². The minimum absolute atomic E-state index is 0.0593. The molecule has 176 valence electrons. The van der Waals surface area contributed by atoms with Gasteiger partial charge in [-0.05, 0) is 18.2 Å². The number of rotatable bonds is 6. The number of alkyl halides is 3. The van der Waals surface area contributed by atoms with Crippen molar-refractivity contribution < 1.29 is 36.4 Å². The van der Waals surface area contributed by atoms with Gasteiger partial charge in [0.05, 0.1) is 24.5 Å². The first kappa shape index (κ1) is 23.4. The summed E-state index contributed by atoms with van der Waals surface area (Å²) in [6, 6.07) is 10.9. The fourth-order valence-electron chi connectivity index (χ4n) is 3.35. The highest BCUT2D eigenvalue weighted by atomic mass is 35.5. The zero-order chi connectivity index (χ0) is 24.5. The molecule has 0 spiro atoms. The number of halogens is 4. The Morgan fingerprint density at radius 1 is 1.15 bits per heavy atom. The van der Waals surface area contributed by atoms with Crippen LogP contribution in [0.15, 0.2) is 62.3 Å². The number of esters is 1. The maximum absolute atomic E-state index is 13.9. The van der Waals surface area contributed by atoms with Gasteiger partial charge in [-0.15, -0.1) is 0 Å². The van der Waals surface area contributed by atoms with Crippen LogP contribution in [0.25, 0.3) is 22.1 Å². The Hall–Kier alpha value is -3.79.